The molecular weight excluding hydrogens is 414 g/mol. The first-order chi connectivity index (χ1) is 16.1. The average Bonchev–Trinajstić information content (AvgIpc) is 2.83. The molecule has 0 aromatic heterocycles. The first-order valence-corrected chi connectivity index (χ1v) is 13.3. The maximum Gasteiger partial charge on any atom is 0.191 e. The van der Waals surface area contributed by atoms with Crippen LogP contribution in [0.1, 0.15) is 96.0 Å². The summed E-state index contributed by atoms with van der Waals surface area (Å²) in [5, 5.41) is 1.08. The summed E-state index contributed by atoms with van der Waals surface area (Å²) in [5.74, 6) is 1.66. The quantitative estimate of drug-likeness (QED) is 0.271. The van der Waals surface area contributed by atoms with Crippen molar-refractivity contribution in [2.75, 3.05) is 6.61 Å². The van der Waals surface area contributed by atoms with E-state index in [4.69, 9.17) is 4.74 Å². The summed E-state index contributed by atoms with van der Waals surface area (Å²) in [7, 11) is 0. The third kappa shape index (κ3) is 5.78. The highest BCUT2D eigenvalue weighted by molar-refractivity contribution is 5.85. The minimum absolute atomic E-state index is 0.165. The number of ether oxygens (including phenoxy) is 1. The maximum atomic E-state index is 14.9. The van der Waals surface area contributed by atoms with Crippen LogP contribution >= 0.6 is 0 Å². The van der Waals surface area contributed by atoms with Crippen LogP contribution in [0.3, 0.4) is 0 Å². The number of hydrogen-bond acceptors (Lipinski definition) is 1. The molecule has 2 saturated carbocycles. The largest absolute Gasteiger partial charge is 0.483 e. The van der Waals surface area contributed by atoms with E-state index in [2.05, 4.69) is 13.0 Å². The van der Waals surface area contributed by atoms with Crippen LogP contribution in [0.15, 0.2) is 36.4 Å². The van der Waals surface area contributed by atoms with Crippen molar-refractivity contribution in [3.8, 4) is 5.75 Å². The highest BCUT2D eigenvalue weighted by Crippen LogP contribution is 2.48. The second-order valence-corrected chi connectivity index (χ2v) is 10.4. The van der Waals surface area contributed by atoms with E-state index in [0.717, 1.165) is 17.8 Å². The van der Waals surface area contributed by atoms with Crippen molar-refractivity contribution in [3.63, 3.8) is 0 Å². The Morgan fingerprint density at radius 2 is 1.79 bits per heavy atom. The Morgan fingerprint density at radius 1 is 0.970 bits per heavy atom. The van der Waals surface area contributed by atoms with Gasteiger partial charge < -0.3 is 4.74 Å². The van der Waals surface area contributed by atoms with Crippen molar-refractivity contribution in [2.45, 2.75) is 90.4 Å². The minimum Gasteiger partial charge on any atom is -0.483 e. The molecule has 0 bridgehead atoms. The summed E-state index contributed by atoms with van der Waals surface area (Å²) in [6, 6.07) is 7.33. The third-order valence-corrected chi connectivity index (χ3v) is 8.23. The molecule has 4 atom stereocenters. The topological polar surface area (TPSA) is 9.23 Å². The molecule has 2 fully saturated rings. The lowest BCUT2D eigenvalue weighted by atomic mass is 9.63. The van der Waals surface area contributed by atoms with Crippen molar-refractivity contribution < 1.29 is 13.5 Å². The SMILES string of the molecule is C/C=C/COc1c(F)cc2cc([C@@H]3CC[C@@H]4CC(CCCCCC)CCC4C3)ccc2c1F. The second-order valence-electron chi connectivity index (χ2n) is 10.4. The summed E-state index contributed by atoms with van der Waals surface area (Å²) in [6.07, 6.45) is 18.4. The lowest BCUT2D eigenvalue weighted by molar-refractivity contribution is 0.113. The number of hydrogen-bond donors (Lipinski definition) is 0. The molecule has 0 spiro atoms. The molecule has 0 aliphatic heterocycles. The van der Waals surface area contributed by atoms with Crippen LogP contribution in [0.5, 0.6) is 5.75 Å². The Hall–Kier alpha value is -1.90. The molecule has 0 radical (unpaired) electrons. The lowest BCUT2D eigenvalue weighted by Crippen LogP contribution is -2.30. The van der Waals surface area contributed by atoms with Crippen molar-refractivity contribution in [1.82, 2.24) is 0 Å². The van der Waals surface area contributed by atoms with Gasteiger partial charge in [0.1, 0.15) is 6.61 Å². The van der Waals surface area contributed by atoms with E-state index < -0.39 is 11.6 Å². The lowest BCUT2D eigenvalue weighted by Gasteiger charge is -2.42. The second kappa shape index (κ2) is 11.5. The molecule has 2 aliphatic carbocycles. The van der Waals surface area contributed by atoms with E-state index in [1.54, 1.807) is 12.2 Å². The Kier molecular flexibility index (Phi) is 8.44. The number of allylic oxidation sites excluding steroid dienone is 1. The van der Waals surface area contributed by atoms with Crippen molar-refractivity contribution in [2.24, 2.45) is 17.8 Å². The van der Waals surface area contributed by atoms with E-state index in [-0.39, 0.29) is 12.4 Å². The van der Waals surface area contributed by atoms with Gasteiger partial charge in [0.15, 0.2) is 17.4 Å². The zero-order valence-corrected chi connectivity index (χ0v) is 20.4. The number of fused-ring (bicyclic) bond motifs is 2. The number of rotatable bonds is 9. The molecule has 0 amide bonds. The van der Waals surface area contributed by atoms with Gasteiger partial charge in [-0.05, 0) is 79.7 Å². The van der Waals surface area contributed by atoms with E-state index in [1.165, 1.54) is 82.3 Å². The summed E-state index contributed by atoms with van der Waals surface area (Å²) < 4.78 is 34.8. The van der Waals surface area contributed by atoms with Crippen molar-refractivity contribution >= 4 is 10.8 Å². The van der Waals surface area contributed by atoms with Crippen LogP contribution in [0, 0.1) is 29.4 Å². The van der Waals surface area contributed by atoms with Crippen LogP contribution in [0.25, 0.3) is 10.8 Å². The first-order valence-electron chi connectivity index (χ1n) is 13.3. The molecule has 180 valence electrons. The molecule has 3 heteroatoms. The molecule has 2 aromatic carbocycles. The van der Waals surface area contributed by atoms with Gasteiger partial charge in [-0.1, -0.05) is 75.8 Å². The van der Waals surface area contributed by atoms with E-state index in [9.17, 15) is 8.78 Å². The van der Waals surface area contributed by atoms with Crippen LogP contribution in [-0.2, 0) is 0 Å². The molecule has 0 heterocycles. The zero-order chi connectivity index (χ0) is 23.2. The fourth-order valence-corrected chi connectivity index (χ4v) is 6.35. The molecule has 2 unspecified atom stereocenters. The molecule has 33 heavy (non-hydrogen) atoms. The first kappa shape index (κ1) is 24.2. The molecular formula is C30H40F2O. The predicted octanol–water partition coefficient (Wildman–Crippen LogP) is 9.34. The van der Waals surface area contributed by atoms with Gasteiger partial charge in [0, 0.05) is 5.39 Å². The standard InChI is InChI=1S/C30H40F2O/c1-3-5-7-8-9-21-10-11-23-18-24(13-12-22(23)17-21)25-14-15-27-26(19-25)20-28(31)30(29(27)32)33-16-6-4-2/h4,6,14-15,19-24H,3,5,7-13,16-18H2,1-2H3/b6-4+/t21?,22-,23?,24-/m1/s1. The zero-order valence-electron chi connectivity index (χ0n) is 20.4. The Labute approximate surface area is 198 Å². The molecule has 0 saturated heterocycles. The van der Waals surface area contributed by atoms with Crippen LogP contribution < -0.4 is 4.74 Å². The Balaban J connectivity index is 1.40. The fraction of sp³-hybridized carbons (Fsp3) is 0.600. The predicted molar refractivity (Wildman–Crippen MR) is 134 cm³/mol. The van der Waals surface area contributed by atoms with Crippen LogP contribution in [-0.4, -0.2) is 6.61 Å². The van der Waals surface area contributed by atoms with E-state index in [0.29, 0.717) is 16.7 Å². The molecule has 1 nitrogen and oxygen atoms in total. The maximum absolute atomic E-state index is 14.9. The summed E-state index contributed by atoms with van der Waals surface area (Å²) in [6.45, 7) is 4.30. The van der Waals surface area contributed by atoms with Gasteiger partial charge in [-0.2, -0.15) is 0 Å². The van der Waals surface area contributed by atoms with Crippen LogP contribution in [0.2, 0.25) is 0 Å². The monoisotopic (exact) mass is 454 g/mol. The fourth-order valence-electron chi connectivity index (χ4n) is 6.35. The molecule has 2 aromatic rings. The summed E-state index contributed by atoms with van der Waals surface area (Å²) in [5.41, 5.74) is 1.24. The van der Waals surface area contributed by atoms with Gasteiger partial charge >= 0.3 is 0 Å². The Bertz CT molecular complexity index is 950. The third-order valence-electron chi connectivity index (χ3n) is 8.23. The van der Waals surface area contributed by atoms with Gasteiger partial charge in [0.2, 0.25) is 0 Å². The van der Waals surface area contributed by atoms with Crippen molar-refractivity contribution in [1.29, 1.82) is 0 Å². The van der Waals surface area contributed by atoms with Crippen molar-refractivity contribution in [3.05, 3.63) is 53.6 Å². The normalized spacial score (nSPS) is 25.5. The minimum atomic E-state index is -0.623. The number of benzene rings is 2. The summed E-state index contributed by atoms with van der Waals surface area (Å²) >= 11 is 0. The van der Waals surface area contributed by atoms with Gasteiger partial charge in [-0.3, -0.25) is 0 Å². The van der Waals surface area contributed by atoms with Gasteiger partial charge in [-0.25, -0.2) is 8.78 Å². The summed E-state index contributed by atoms with van der Waals surface area (Å²) in [4.78, 5) is 0. The number of halogens is 2. The van der Waals surface area contributed by atoms with E-state index in [1.807, 2.05) is 19.1 Å². The molecule has 2 aliphatic rings. The van der Waals surface area contributed by atoms with Gasteiger partial charge in [0.05, 0.1) is 0 Å². The van der Waals surface area contributed by atoms with E-state index >= 15 is 0 Å². The smallest absolute Gasteiger partial charge is 0.191 e. The molecule has 0 N–H and O–H groups in total. The Morgan fingerprint density at radius 3 is 2.61 bits per heavy atom. The van der Waals surface area contributed by atoms with Gasteiger partial charge in [-0.15, -0.1) is 0 Å². The highest BCUT2D eigenvalue weighted by Gasteiger charge is 2.35. The average molecular weight is 455 g/mol. The van der Waals surface area contributed by atoms with Crippen LogP contribution in [0.4, 0.5) is 8.78 Å². The highest BCUT2D eigenvalue weighted by atomic mass is 19.1. The number of unbranched alkanes of at least 4 members (excludes halogenated alkanes) is 3. The van der Waals surface area contributed by atoms with Gasteiger partial charge in [0.25, 0.3) is 0 Å². The molecule has 4 rings (SSSR count).